The van der Waals surface area contributed by atoms with E-state index in [0.717, 1.165) is 21.8 Å². The number of hydrogen-bond acceptors (Lipinski definition) is 6. The first-order valence-corrected chi connectivity index (χ1v) is 8.64. The van der Waals surface area contributed by atoms with Crippen LogP contribution in [0.4, 0.5) is 14.7 Å². The molecule has 0 aliphatic carbocycles. The van der Waals surface area contributed by atoms with E-state index in [-0.39, 0.29) is 11.7 Å². The molecule has 3 aromatic rings. The third-order valence-electron chi connectivity index (χ3n) is 3.08. The van der Waals surface area contributed by atoms with Crippen LogP contribution < -0.4 is 11.1 Å². The Morgan fingerprint density at radius 2 is 2.04 bits per heavy atom. The summed E-state index contributed by atoms with van der Waals surface area (Å²) in [5.74, 6) is -0.623. The molecule has 0 aliphatic heterocycles. The van der Waals surface area contributed by atoms with Crippen LogP contribution in [0, 0.1) is 12.7 Å². The summed E-state index contributed by atoms with van der Waals surface area (Å²) >= 11 is 2.70. The quantitative estimate of drug-likeness (QED) is 0.690. The molecule has 2 aromatic heterocycles. The molecule has 3 rings (SSSR count). The topological polar surface area (TPSA) is 80.9 Å². The molecule has 0 saturated carbocycles. The molecule has 5 nitrogen and oxygen atoms in total. The van der Waals surface area contributed by atoms with Crippen LogP contribution in [0.5, 0.6) is 0 Å². The predicted molar refractivity (Wildman–Crippen MR) is 96.4 cm³/mol. The minimum atomic E-state index is -0.315. The van der Waals surface area contributed by atoms with Gasteiger partial charge in [-0.05, 0) is 30.7 Å². The van der Waals surface area contributed by atoms with Crippen LogP contribution >= 0.6 is 22.7 Å². The average Bonchev–Trinajstić information content (AvgIpc) is 3.12. The lowest BCUT2D eigenvalue weighted by Gasteiger charge is -1.96. The van der Waals surface area contributed by atoms with Crippen molar-refractivity contribution < 1.29 is 9.18 Å². The molecule has 1 aromatic carbocycles. The fraction of sp³-hybridized carbons (Fsp3) is 0.0625. The maximum atomic E-state index is 12.8. The highest BCUT2D eigenvalue weighted by Gasteiger charge is 2.13. The molecular weight excluding hydrogens is 347 g/mol. The first-order chi connectivity index (χ1) is 11.5. The lowest BCUT2D eigenvalue weighted by Crippen LogP contribution is -2.07. The third-order valence-corrected chi connectivity index (χ3v) is 4.85. The number of nitrogens with zero attached hydrogens (tertiary/aromatic N) is 2. The van der Waals surface area contributed by atoms with Crippen molar-refractivity contribution in [3.8, 4) is 10.6 Å². The Morgan fingerprint density at radius 1 is 1.29 bits per heavy atom. The van der Waals surface area contributed by atoms with Gasteiger partial charge in [-0.2, -0.15) is 0 Å². The Kier molecular flexibility index (Phi) is 4.68. The summed E-state index contributed by atoms with van der Waals surface area (Å²) in [5, 5.41) is 5.55. The summed E-state index contributed by atoms with van der Waals surface area (Å²) in [4.78, 5) is 21.4. The minimum absolute atomic E-state index is 0.308. The van der Waals surface area contributed by atoms with Crippen molar-refractivity contribution in [1.82, 2.24) is 9.97 Å². The smallest absolute Gasteiger partial charge is 0.250 e. The number of nitrogens with two attached hydrogens (primary N) is 1. The number of thiazole rings is 2. The maximum absolute atomic E-state index is 12.8. The third kappa shape index (κ3) is 3.84. The van der Waals surface area contributed by atoms with E-state index in [0.29, 0.717) is 10.3 Å². The molecule has 0 fully saturated rings. The number of aromatic nitrogens is 2. The Morgan fingerprint density at radius 3 is 2.71 bits per heavy atom. The van der Waals surface area contributed by atoms with E-state index in [2.05, 4.69) is 15.3 Å². The zero-order valence-electron chi connectivity index (χ0n) is 12.6. The number of nitrogen functional groups attached to an aromatic ring is 1. The van der Waals surface area contributed by atoms with Gasteiger partial charge in [-0.25, -0.2) is 14.4 Å². The van der Waals surface area contributed by atoms with Gasteiger partial charge >= 0.3 is 0 Å². The summed E-state index contributed by atoms with van der Waals surface area (Å²) in [6, 6.07) is 5.87. The van der Waals surface area contributed by atoms with Gasteiger partial charge in [0, 0.05) is 11.5 Å². The number of hydrogen-bond donors (Lipinski definition) is 2. The number of carbonyl (C=O) groups excluding carboxylic acids is 1. The highest BCUT2D eigenvalue weighted by molar-refractivity contribution is 7.19. The van der Waals surface area contributed by atoms with Gasteiger partial charge in [-0.3, -0.25) is 10.1 Å². The largest absolute Gasteiger partial charge is 0.375 e. The molecule has 1 amide bonds. The van der Waals surface area contributed by atoms with Crippen molar-refractivity contribution in [3.63, 3.8) is 0 Å². The SMILES string of the molecule is Cc1nc(NC(=O)/C=C/c2ccc(F)cc2)sc1-c1csc(N)n1. The predicted octanol–water partition coefficient (Wildman–Crippen LogP) is 3.95. The molecule has 0 radical (unpaired) electrons. The van der Waals surface area contributed by atoms with Crippen molar-refractivity contribution in [2.75, 3.05) is 11.1 Å². The van der Waals surface area contributed by atoms with Gasteiger partial charge in [0.25, 0.3) is 0 Å². The maximum Gasteiger partial charge on any atom is 0.250 e. The van der Waals surface area contributed by atoms with Crippen LogP contribution in [0.2, 0.25) is 0 Å². The van der Waals surface area contributed by atoms with Gasteiger partial charge in [0.1, 0.15) is 5.82 Å². The van der Waals surface area contributed by atoms with E-state index in [9.17, 15) is 9.18 Å². The van der Waals surface area contributed by atoms with E-state index >= 15 is 0 Å². The van der Waals surface area contributed by atoms with Crippen molar-refractivity contribution in [3.05, 3.63) is 52.8 Å². The number of rotatable bonds is 4. The monoisotopic (exact) mass is 360 g/mol. The normalized spacial score (nSPS) is 11.1. The van der Waals surface area contributed by atoms with Gasteiger partial charge in [0.05, 0.1) is 16.3 Å². The summed E-state index contributed by atoms with van der Waals surface area (Å²) in [5.41, 5.74) is 7.92. The Labute approximate surface area is 145 Å². The number of halogens is 1. The van der Waals surface area contributed by atoms with E-state index in [1.54, 1.807) is 18.2 Å². The van der Waals surface area contributed by atoms with Gasteiger partial charge in [0.2, 0.25) is 5.91 Å². The molecule has 0 atom stereocenters. The van der Waals surface area contributed by atoms with Crippen LogP contribution in [0.15, 0.2) is 35.7 Å². The molecule has 24 heavy (non-hydrogen) atoms. The summed E-state index contributed by atoms with van der Waals surface area (Å²) < 4.78 is 12.8. The van der Waals surface area contributed by atoms with Crippen LogP contribution in [0.3, 0.4) is 0 Å². The van der Waals surface area contributed by atoms with Crippen LogP contribution in [0.25, 0.3) is 16.6 Å². The zero-order chi connectivity index (χ0) is 17.1. The first kappa shape index (κ1) is 16.3. The fourth-order valence-electron chi connectivity index (χ4n) is 1.97. The number of amides is 1. The number of aryl methyl sites for hydroxylation is 1. The van der Waals surface area contributed by atoms with E-state index in [4.69, 9.17) is 5.73 Å². The second-order valence-corrected chi connectivity index (χ2v) is 6.77. The van der Waals surface area contributed by atoms with E-state index in [1.807, 2.05) is 12.3 Å². The highest BCUT2D eigenvalue weighted by Crippen LogP contribution is 2.33. The number of anilines is 2. The van der Waals surface area contributed by atoms with Crippen molar-refractivity contribution in [2.24, 2.45) is 0 Å². The molecule has 0 saturated heterocycles. The second kappa shape index (κ2) is 6.90. The lowest BCUT2D eigenvalue weighted by molar-refractivity contribution is -0.111. The molecule has 3 N–H and O–H groups in total. The van der Waals surface area contributed by atoms with Gasteiger partial charge < -0.3 is 5.73 Å². The molecule has 8 heteroatoms. The lowest BCUT2D eigenvalue weighted by atomic mass is 10.2. The van der Waals surface area contributed by atoms with Gasteiger partial charge in [-0.15, -0.1) is 11.3 Å². The summed E-state index contributed by atoms with van der Waals surface area (Å²) in [6.45, 7) is 1.85. The molecule has 0 aliphatic rings. The standard InChI is InChI=1S/C16H13FN4OS2/c1-9-14(12-8-23-15(18)20-12)24-16(19-9)21-13(22)7-4-10-2-5-11(17)6-3-10/h2-8H,1H3,(H2,18,20)(H,19,21,22)/b7-4+. The summed E-state index contributed by atoms with van der Waals surface area (Å²) in [7, 11) is 0. The molecule has 0 unspecified atom stereocenters. The fourth-order valence-corrected chi connectivity index (χ4v) is 3.53. The van der Waals surface area contributed by atoms with Crippen molar-refractivity contribution >= 4 is 44.9 Å². The molecule has 2 heterocycles. The Bertz CT molecular complexity index is 899. The number of carbonyl (C=O) groups is 1. The second-order valence-electron chi connectivity index (χ2n) is 4.88. The average molecular weight is 360 g/mol. The van der Waals surface area contributed by atoms with Gasteiger partial charge in [0.15, 0.2) is 10.3 Å². The molecule has 0 bridgehead atoms. The van der Waals surface area contributed by atoms with Crippen molar-refractivity contribution in [1.29, 1.82) is 0 Å². The zero-order valence-corrected chi connectivity index (χ0v) is 14.2. The molecule has 122 valence electrons. The molecule has 0 spiro atoms. The van der Waals surface area contributed by atoms with Crippen LogP contribution in [0.1, 0.15) is 11.3 Å². The number of nitrogens with one attached hydrogen (secondary N) is 1. The Balaban J connectivity index is 1.69. The first-order valence-electron chi connectivity index (χ1n) is 6.95. The molecular formula is C16H13FN4OS2. The van der Waals surface area contributed by atoms with Crippen LogP contribution in [-0.4, -0.2) is 15.9 Å². The van der Waals surface area contributed by atoms with Crippen LogP contribution in [-0.2, 0) is 4.79 Å². The van der Waals surface area contributed by atoms with Gasteiger partial charge in [-0.1, -0.05) is 23.5 Å². The van der Waals surface area contributed by atoms with E-state index in [1.165, 1.54) is 40.9 Å². The summed E-state index contributed by atoms with van der Waals surface area (Å²) in [6.07, 6.45) is 2.99. The Hall–Kier alpha value is -2.58. The number of benzene rings is 1. The van der Waals surface area contributed by atoms with Crippen molar-refractivity contribution in [2.45, 2.75) is 6.92 Å². The highest BCUT2D eigenvalue weighted by atomic mass is 32.1. The van der Waals surface area contributed by atoms with E-state index < -0.39 is 0 Å². The minimum Gasteiger partial charge on any atom is -0.375 e.